The molecule has 1 heterocycles. The van der Waals surface area contributed by atoms with Crippen molar-refractivity contribution in [2.45, 2.75) is 38.1 Å². The highest BCUT2D eigenvalue weighted by atomic mass is 79.9. The summed E-state index contributed by atoms with van der Waals surface area (Å²) in [6, 6.07) is 2.62. The molecule has 1 aliphatic heterocycles. The summed E-state index contributed by atoms with van der Waals surface area (Å²) in [6.07, 6.45) is 5.98. The number of rotatable bonds is 4. The highest BCUT2D eigenvalue weighted by Crippen LogP contribution is 2.36. The second kappa shape index (κ2) is 8.12. The number of ether oxygens (including phenoxy) is 2. The summed E-state index contributed by atoms with van der Waals surface area (Å²) in [6.45, 7) is 0. The van der Waals surface area contributed by atoms with Gasteiger partial charge >= 0.3 is 6.03 Å². The molecule has 27 heavy (non-hydrogen) atoms. The molecule has 1 aromatic rings. The first-order valence-corrected chi connectivity index (χ1v) is 9.57. The van der Waals surface area contributed by atoms with Crippen molar-refractivity contribution in [2.24, 2.45) is 0 Å². The molecule has 8 heteroatoms. The Morgan fingerprint density at radius 3 is 2.44 bits per heavy atom. The lowest BCUT2D eigenvalue weighted by Gasteiger charge is -2.35. The van der Waals surface area contributed by atoms with E-state index in [4.69, 9.17) is 9.47 Å². The van der Waals surface area contributed by atoms with Crippen LogP contribution in [0.4, 0.5) is 4.79 Å². The van der Waals surface area contributed by atoms with E-state index in [0.717, 1.165) is 32.1 Å². The van der Waals surface area contributed by atoms with E-state index < -0.39 is 17.8 Å². The van der Waals surface area contributed by atoms with E-state index in [1.54, 1.807) is 12.1 Å². The zero-order valence-electron chi connectivity index (χ0n) is 15.2. The Bertz CT molecular complexity index is 815. The van der Waals surface area contributed by atoms with E-state index in [9.17, 15) is 14.4 Å². The van der Waals surface area contributed by atoms with E-state index in [2.05, 4.69) is 21.2 Å². The van der Waals surface area contributed by atoms with Crippen LogP contribution in [0.5, 0.6) is 11.5 Å². The van der Waals surface area contributed by atoms with Crippen molar-refractivity contribution >= 4 is 39.9 Å². The van der Waals surface area contributed by atoms with Gasteiger partial charge in [0.05, 0.1) is 14.2 Å². The molecule has 2 aliphatic rings. The molecule has 144 valence electrons. The minimum absolute atomic E-state index is 0.0985. The maximum absolute atomic E-state index is 13.0. The second-order valence-corrected chi connectivity index (χ2v) is 7.43. The monoisotopic (exact) mass is 436 g/mol. The van der Waals surface area contributed by atoms with Gasteiger partial charge in [-0.1, -0.05) is 35.2 Å². The highest BCUT2D eigenvalue weighted by Gasteiger charge is 2.40. The molecular formula is C19H21BrN2O5. The molecule has 1 saturated heterocycles. The van der Waals surface area contributed by atoms with Crippen LogP contribution in [0, 0.1) is 0 Å². The second-order valence-electron chi connectivity index (χ2n) is 6.51. The molecule has 0 spiro atoms. The molecule has 4 amide bonds. The van der Waals surface area contributed by atoms with Crippen LogP contribution in [0.3, 0.4) is 0 Å². The molecule has 7 nitrogen and oxygen atoms in total. The number of benzene rings is 1. The first-order chi connectivity index (χ1) is 13.0. The summed E-state index contributed by atoms with van der Waals surface area (Å²) in [5.74, 6) is -0.424. The van der Waals surface area contributed by atoms with Crippen LogP contribution in [0.1, 0.15) is 37.7 Å². The molecule has 0 unspecified atom stereocenters. The van der Waals surface area contributed by atoms with E-state index in [1.807, 2.05) is 0 Å². The number of carbonyl (C=O) groups is 3. The molecule has 1 aromatic carbocycles. The van der Waals surface area contributed by atoms with Gasteiger partial charge in [0.1, 0.15) is 5.57 Å². The predicted molar refractivity (Wildman–Crippen MR) is 102 cm³/mol. The number of methoxy groups -OCH3 is 2. The average molecular weight is 437 g/mol. The zero-order chi connectivity index (χ0) is 19.6. The maximum atomic E-state index is 13.0. The van der Waals surface area contributed by atoms with Gasteiger partial charge in [0.15, 0.2) is 11.5 Å². The number of nitrogens with one attached hydrogen (secondary N) is 1. The van der Waals surface area contributed by atoms with E-state index >= 15 is 0 Å². The van der Waals surface area contributed by atoms with Crippen LogP contribution in [-0.2, 0) is 9.59 Å². The largest absolute Gasteiger partial charge is 0.493 e. The third-order valence-electron chi connectivity index (χ3n) is 4.85. The summed E-state index contributed by atoms with van der Waals surface area (Å²) < 4.78 is 11.4. The third kappa shape index (κ3) is 3.85. The molecule has 0 aromatic heterocycles. The van der Waals surface area contributed by atoms with E-state index in [1.165, 1.54) is 25.2 Å². The topological polar surface area (TPSA) is 84.9 Å². The number of barbiturate groups is 1. The summed E-state index contributed by atoms with van der Waals surface area (Å²) in [5.41, 5.74) is 0.402. The van der Waals surface area contributed by atoms with Gasteiger partial charge in [0, 0.05) is 16.1 Å². The number of urea groups is 1. The molecule has 1 N–H and O–H groups in total. The standard InChI is InChI=1S/C19H21BrN2O5/c1-26-15-10-12(20)8-11(16(15)27-2)9-14-17(23)21-19(25)22(18(14)24)13-6-4-3-5-7-13/h8-10,13H,3-7H2,1-2H3,(H,21,23,25). The van der Waals surface area contributed by atoms with Gasteiger partial charge < -0.3 is 9.47 Å². The molecule has 0 atom stereocenters. The van der Waals surface area contributed by atoms with Crippen LogP contribution < -0.4 is 14.8 Å². The zero-order valence-corrected chi connectivity index (χ0v) is 16.8. The Kier molecular flexibility index (Phi) is 5.84. The fraction of sp³-hybridized carbons (Fsp3) is 0.421. The average Bonchev–Trinajstić information content (AvgIpc) is 2.65. The number of amides is 4. The van der Waals surface area contributed by atoms with Crippen molar-refractivity contribution in [3.05, 3.63) is 27.7 Å². The molecule has 0 radical (unpaired) electrons. The van der Waals surface area contributed by atoms with Crippen LogP contribution in [0.15, 0.2) is 22.2 Å². The molecule has 1 saturated carbocycles. The predicted octanol–water partition coefficient (Wildman–Crippen LogP) is 3.26. The Hall–Kier alpha value is -2.35. The van der Waals surface area contributed by atoms with E-state index in [-0.39, 0.29) is 11.6 Å². The van der Waals surface area contributed by atoms with Crippen molar-refractivity contribution in [1.82, 2.24) is 10.2 Å². The van der Waals surface area contributed by atoms with E-state index in [0.29, 0.717) is 21.5 Å². The van der Waals surface area contributed by atoms with Crippen molar-refractivity contribution in [3.8, 4) is 11.5 Å². The van der Waals surface area contributed by atoms with Crippen LogP contribution in [-0.4, -0.2) is 43.0 Å². The minimum Gasteiger partial charge on any atom is -0.493 e. The van der Waals surface area contributed by atoms with Crippen molar-refractivity contribution in [2.75, 3.05) is 14.2 Å². The number of hydrogen-bond donors (Lipinski definition) is 1. The number of halogens is 1. The lowest BCUT2D eigenvalue weighted by atomic mass is 9.93. The fourth-order valence-corrected chi connectivity index (χ4v) is 4.02. The summed E-state index contributed by atoms with van der Waals surface area (Å²) in [4.78, 5) is 38.8. The Labute approximate surface area is 165 Å². The van der Waals surface area contributed by atoms with Gasteiger partial charge in [-0.05, 0) is 31.1 Å². The van der Waals surface area contributed by atoms with Crippen LogP contribution in [0.25, 0.3) is 6.08 Å². The number of carbonyl (C=O) groups excluding carboxylic acids is 3. The van der Waals surface area contributed by atoms with Crippen LogP contribution in [0.2, 0.25) is 0 Å². The molecule has 1 aliphatic carbocycles. The third-order valence-corrected chi connectivity index (χ3v) is 5.30. The van der Waals surface area contributed by atoms with Gasteiger partial charge in [-0.2, -0.15) is 0 Å². The maximum Gasteiger partial charge on any atom is 0.331 e. The SMILES string of the molecule is COc1cc(Br)cc(C=C2C(=O)NC(=O)N(C3CCCCC3)C2=O)c1OC. The highest BCUT2D eigenvalue weighted by molar-refractivity contribution is 9.10. The lowest BCUT2D eigenvalue weighted by Crippen LogP contribution is -2.58. The molecule has 2 fully saturated rings. The van der Waals surface area contributed by atoms with Crippen LogP contribution >= 0.6 is 15.9 Å². The van der Waals surface area contributed by atoms with Crippen molar-refractivity contribution in [3.63, 3.8) is 0 Å². The summed E-state index contributed by atoms with van der Waals surface area (Å²) in [5, 5.41) is 2.28. The van der Waals surface area contributed by atoms with Crippen molar-refractivity contribution in [1.29, 1.82) is 0 Å². The molecule has 0 bridgehead atoms. The van der Waals surface area contributed by atoms with Gasteiger partial charge in [0.2, 0.25) is 0 Å². The van der Waals surface area contributed by atoms with Gasteiger partial charge in [-0.3, -0.25) is 19.8 Å². The quantitative estimate of drug-likeness (QED) is 0.578. The molecular weight excluding hydrogens is 416 g/mol. The summed E-state index contributed by atoms with van der Waals surface area (Å²) in [7, 11) is 2.98. The lowest BCUT2D eigenvalue weighted by molar-refractivity contribution is -0.132. The Morgan fingerprint density at radius 2 is 1.81 bits per heavy atom. The van der Waals surface area contributed by atoms with Crippen molar-refractivity contribution < 1.29 is 23.9 Å². The number of hydrogen-bond acceptors (Lipinski definition) is 5. The molecule has 3 rings (SSSR count). The Morgan fingerprint density at radius 1 is 1.11 bits per heavy atom. The fourth-order valence-electron chi connectivity index (χ4n) is 3.56. The number of imide groups is 2. The van der Waals surface area contributed by atoms with Gasteiger partial charge in [-0.15, -0.1) is 0 Å². The Balaban J connectivity index is 2.02. The van der Waals surface area contributed by atoms with Gasteiger partial charge in [0.25, 0.3) is 11.8 Å². The normalized spacial score (nSPS) is 20.0. The first kappa shape index (κ1) is 19.4. The minimum atomic E-state index is -0.710. The van der Waals surface area contributed by atoms with Gasteiger partial charge in [-0.25, -0.2) is 4.79 Å². The first-order valence-electron chi connectivity index (χ1n) is 8.78. The smallest absolute Gasteiger partial charge is 0.331 e. The summed E-state index contributed by atoms with van der Waals surface area (Å²) >= 11 is 3.38. The number of nitrogens with zero attached hydrogens (tertiary/aromatic N) is 1.